The SMILES string of the molecule is OCC=CC=CC#CCCCO. The van der Waals surface area contributed by atoms with E-state index in [2.05, 4.69) is 11.8 Å². The predicted molar refractivity (Wildman–Crippen MR) is 49.5 cm³/mol. The van der Waals surface area contributed by atoms with Crippen LogP contribution < -0.4 is 0 Å². The highest BCUT2D eigenvalue weighted by Crippen LogP contribution is 1.82. The Morgan fingerprint density at radius 1 is 1.17 bits per heavy atom. The first-order valence-electron chi connectivity index (χ1n) is 3.93. The summed E-state index contributed by atoms with van der Waals surface area (Å²) in [5.41, 5.74) is 0. The first-order chi connectivity index (χ1) is 5.91. The summed E-state index contributed by atoms with van der Waals surface area (Å²) in [6, 6.07) is 0. The highest BCUT2D eigenvalue weighted by Gasteiger charge is 1.74. The minimum atomic E-state index is 0.0578. The van der Waals surface area contributed by atoms with Crippen LogP contribution in [0.3, 0.4) is 0 Å². The van der Waals surface area contributed by atoms with E-state index in [0.29, 0.717) is 0 Å². The molecule has 2 nitrogen and oxygen atoms in total. The van der Waals surface area contributed by atoms with E-state index < -0.39 is 0 Å². The van der Waals surface area contributed by atoms with Gasteiger partial charge in [0, 0.05) is 13.0 Å². The maximum atomic E-state index is 8.41. The van der Waals surface area contributed by atoms with Gasteiger partial charge in [-0.05, 0) is 12.5 Å². The molecule has 0 rings (SSSR count). The van der Waals surface area contributed by atoms with Crippen molar-refractivity contribution in [3.05, 3.63) is 24.3 Å². The summed E-state index contributed by atoms with van der Waals surface area (Å²) in [6.45, 7) is 0.255. The fraction of sp³-hybridized carbons (Fsp3) is 0.400. The maximum Gasteiger partial charge on any atom is 0.0615 e. The second kappa shape index (κ2) is 9.96. The molecule has 12 heavy (non-hydrogen) atoms. The van der Waals surface area contributed by atoms with Gasteiger partial charge in [0.25, 0.3) is 0 Å². The predicted octanol–water partition coefficient (Wildman–Crippen LogP) is 0.867. The Labute approximate surface area is 73.2 Å². The summed E-state index contributed by atoms with van der Waals surface area (Å²) < 4.78 is 0. The van der Waals surface area contributed by atoms with Crippen molar-refractivity contribution in [2.75, 3.05) is 13.2 Å². The van der Waals surface area contributed by atoms with Gasteiger partial charge >= 0.3 is 0 Å². The van der Waals surface area contributed by atoms with Crippen LogP contribution in [0.25, 0.3) is 0 Å². The third-order valence-electron chi connectivity index (χ3n) is 1.09. The van der Waals surface area contributed by atoms with Gasteiger partial charge in [-0.15, -0.1) is 0 Å². The molecule has 0 saturated heterocycles. The van der Waals surface area contributed by atoms with E-state index in [-0.39, 0.29) is 13.2 Å². The third kappa shape index (κ3) is 8.96. The molecule has 0 fully saturated rings. The Kier molecular flexibility index (Phi) is 9.10. The van der Waals surface area contributed by atoms with E-state index in [0.717, 1.165) is 12.8 Å². The zero-order valence-corrected chi connectivity index (χ0v) is 7.03. The van der Waals surface area contributed by atoms with Gasteiger partial charge in [0.15, 0.2) is 0 Å². The molecule has 2 heteroatoms. The summed E-state index contributed by atoms with van der Waals surface area (Å²) in [5, 5.41) is 16.8. The lowest BCUT2D eigenvalue weighted by Gasteiger charge is -1.81. The van der Waals surface area contributed by atoms with Gasteiger partial charge in [-0.1, -0.05) is 30.1 Å². The Hall–Kier alpha value is -1.04. The highest BCUT2D eigenvalue weighted by molar-refractivity contribution is 5.19. The van der Waals surface area contributed by atoms with Crippen LogP contribution in [0.2, 0.25) is 0 Å². The monoisotopic (exact) mass is 166 g/mol. The van der Waals surface area contributed by atoms with E-state index in [1.165, 1.54) is 0 Å². The van der Waals surface area contributed by atoms with Gasteiger partial charge in [-0.3, -0.25) is 0 Å². The standard InChI is InChI=1S/C10H14O2/c11-9-7-5-3-1-2-4-6-8-10-12/h1,3,5,7,11-12H,6,8-10H2. The van der Waals surface area contributed by atoms with Crippen molar-refractivity contribution in [2.24, 2.45) is 0 Å². The molecule has 0 radical (unpaired) electrons. The topological polar surface area (TPSA) is 40.5 Å². The quantitative estimate of drug-likeness (QED) is 0.369. The van der Waals surface area contributed by atoms with Crippen molar-refractivity contribution in [3.8, 4) is 11.8 Å². The summed E-state index contributed by atoms with van der Waals surface area (Å²) in [6.07, 6.45) is 8.30. The minimum absolute atomic E-state index is 0.0578. The molecule has 0 aliphatic carbocycles. The molecule has 2 N–H and O–H groups in total. The second-order valence-corrected chi connectivity index (χ2v) is 2.12. The van der Waals surface area contributed by atoms with Crippen LogP contribution in [-0.2, 0) is 0 Å². The van der Waals surface area contributed by atoms with Crippen LogP contribution in [-0.4, -0.2) is 23.4 Å². The fourth-order valence-corrected chi connectivity index (χ4v) is 0.542. The van der Waals surface area contributed by atoms with Crippen molar-refractivity contribution in [1.29, 1.82) is 0 Å². The van der Waals surface area contributed by atoms with E-state index >= 15 is 0 Å². The van der Waals surface area contributed by atoms with Crippen LogP contribution in [0.5, 0.6) is 0 Å². The molecule has 0 aromatic rings. The number of unbranched alkanes of at least 4 members (excludes halogenated alkanes) is 1. The molecule has 0 aromatic heterocycles. The zero-order chi connectivity index (χ0) is 9.07. The zero-order valence-electron chi connectivity index (χ0n) is 7.03. The molecular weight excluding hydrogens is 152 g/mol. The van der Waals surface area contributed by atoms with Crippen LogP contribution in [0.4, 0.5) is 0 Å². The van der Waals surface area contributed by atoms with Crippen LogP contribution in [0.1, 0.15) is 12.8 Å². The summed E-state index contributed by atoms with van der Waals surface area (Å²) in [7, 11) is 0. The molecule has 0 bridgehead atoms. The largest absolute Gasteiger partial charge is 0.396 e. The Morgan fingerprint density at radius 3 is 2.67 bits per heavy atom. The van der Waals surface area contributed by atoms with Crippen LogP contribution in [0.15, 0.2) is 24.3 Å². The number of hydrogen-bond acceptors (Lipinski definition) is 2. The van der Waals surface area contributed by atoms with E-state index in [1.807, 2.05) is 0 Å². The van der Waals surface area contributed by atoms with Crippen LogP contribution >= 0.6 is 0 Å². The molecule has 0 amide bonds. The van der Waals surface area contributed by atoms with Crippen molar-refractivity contribution in [1.82, 2.24) is 0 Å². The van der Waals surface area contributed by atoms with Crippen molar-refractivity contribution in [3.63, 3.8) is 0 Å². The molecule has 0 aromatic carbocycles. The second-order valence-electron chi connectivity index (χ2n) is 2.12. The summed E-state index contributed by atoms with van der Waals surface area (Å²) in [4.78, 5) is 0. The lowest BCUT2D eigenvalue weighted by Crippen LogP contribution is -1.77. The normalized spacial score (nSPS) is 10.5. The van der Waals surface area contributed by atoms with Gasteiger partial charge in [-0.25, -0.2) is 0 Å². The van der Waals surface area contributed by atoms with Gasteiger partial charge in [0.1, 0.15) is 0 Å². The average molecular weight is 166 g/mol. The van der Waals surface area contributed by atoms with Gasteiger partial charge in [0.05, 0.1) is 6.61 Å². The Morgan fingerprint density at radius 2 is 2.00 bits per heavy atom. The minimum Gasteiger partial charge on any atom is -0.396 e. The number of rotatable bonds is 4. The van der Waals surface area contributed by atoms with E-state index in [4.69, 9.17) is 10.2 Å². The van der Waals surface area contributed by atoms with Crippen molar-refractivity contribution >= 4 is 0 Å². The Bertz CT molecular complexity index is 194. The smallest absolute Gasteiger partial charge is 0.0615 e. The summed E-state index contributed by atoms with van der Waals surface area (Å²) in [5.74, 6) is 5.67. The number of allylic oxidation sites excluding steroid dienone is 3. The lowest BCUT2D eigenvalue weighted by atomic mass is 10.3. The molecular formula is C10H14O2. The molecule has 0 spiro atoms. The molecule has 0 saturated carbocycles. The first kappa shape index (κ1) is 11.0. The average Bonchev–Trinajstić information content (AvgIpc) is 2.10. The number of aliphatic hydroxyl groups excluding tert-OH is 2. The van der Waals surface area contributed by atoms with Crippen molar-refractivity contribution < 1.29 is 10.2 Å². The number of aliphatic hydroxyl groups is 2. The van der Waals surface area contributed by atoms with E-state index in [1.54, 1.807) is 24.3 Å². The lowest BCUT2D eigenvalue weighted by molar-refractivity contribution is 0.290. The third-order valence-corrected chi connectivity index (χ3v) is 1.09. The molecule has 0 atom stereocenters. The fourth-order valence-electron chi connectivity index (χ4n) is 0.542. The van der Waals surface area contributed by atoms with Crippen LogP contribution in [0, 0.1) is 11.8 Å². The maximum absolute atomic E-state index is 8.41. The molecule has 0 aliphatic rings. The van der Waals surface area contributed by atoms with E-state index in [9.17, 15) is 0 Å². The highest BCUT2D eigenvalue weighted by atomic mass is 16.3. The van der Waals surface area contributed by atoms with Crippen molar-refractivity contribution in [2.45, 2.75) is 12.8 Å². The van der Waals surface area contributed by atoms with Gasteiger partial charge in [0.2, 0.25) is 0 Å². The number of hydrogen-bond donors (Lipinski definition) is 2. The molecule has 66 valence electrons. The van der Waals surface area contributed by atoms with Gasteiger partial charge < -0.3 is 10.2 Å². The molecule has 0 unspecified atom stereocenters. The summed E-state index contributed by atoms with van der Waals surface area (Å²) >= 11 is 0. The Balaban J connectivity index is 3.42. The van der Waals surface area contributed by atoms with Gasteiger partial charge in [-0.2, -0.15) is 0 Å². The first-order valence-corrected chi connectivity index (χ1v) is 3.93. The molecule has 0 aliphatic heterocycles. The molecule has 0 heterocycles.